The largest absolute Gasteiger partial charge is 0.340 e. The molecule has 2 amide bonds. The molecule has 30 heavy (non-hydrogen) atoms. The van der Waals surface area contributed by atoms with Crippen molar-refractivity contribution in [3.8, 4) is 5.69 Å². The maximum Gasteiger partial charge on any atom is 0.253 e. The van der Waals surface area contributed by atoms with E-state index in [0.717, 1.165) is 16.7 Å². The molecule has 150 valence electrons. The number of hydrogen-bond acceptors (Lipinski definition) is 3. The number of para-hydroxylation sites is 2. The molecule has 0 radical (unpaired) electrons. The van der Waals surface area contributed by atoms with Crippen molar-refractivity contribution < 1.29 is 9.59 Å². The zero-order valence-electron chi connectivity index (χ0n) is 16.2. The van der Waals surface area contributed by atoms with Crippen molar-refractivity contribution in [2.24, 2.45) is 0 Å². The molecule has 0 spiro atoms. The fraction of sp³-hybridized carbons (Fsp3) is 0.0870. The first-order valence-corrected chi connectivity index (χ1v) is 9.79. The van der Waals surface area contributed by atoms with Crippen LogP contribution in [0.1, 0.15) is 17.3 Å². The Balaban J connectivity index is 1.42. The molecule has 2 N–H and O–H groups in total. The number of anilines is 1. The molecule has 1 aromatic heterocycles. The lowest BCUT2D eigenvalue weighted by Crippen LogP contribution is -2.41. The van der Waals surface area contributed by atoms with E-state index in [2.05, 4.69) is 15.6 Å². The van der Waals surface area contributed by atoms with Crippen LogP contribution < -0.4 is 10.6 Å². The van der Waals surface area contributed by atoms with Gasteiger partial charge in [0.25, 0.3) is 5.91 Å². The molecule has 6 nitrogen and oxygen atoms in total. The first-order valence-electron chi connectivity index (χ1n) is 9.42. The molecule has 1 heterocycles. The van der Waals surface area contributed by atoms with Crippen LogP contribution in [0, 0.1) is 0 Å². The molecule has 4 aromatic rings. The van der Waals surface area contributed by atoms with E-state index in [-0.39, 0.29) is 5.91 Å². The summed E-state index contributed by atoms with van der Waals surface area (Å²) < 4.78 is 1.98. The van der Waals surface area contributed by atoms with Crippen LogP contribution in [-0.2, 0) is 4.79 Å². The Morgan fingerprint density at radius 1 is 0.967 bits per heavy atom. The Hall–Kier alpha value is -3.64. The molecule has 1 atom stereocenters. The molecular weight excluding hydrogens is 400 g/mol. The van der Waals surface area contributed by atoms with Crippen LogP contribution >= 0.6 is 11.6 Å². The van der Waals surface area contributed by atoms with Gasteiger partial charge in [0, 0.05) is 11.4 Å². The van der Waals surface area contributed by atoms with Gasteiger partial charge in [0.15, 0.2) is 0 Å². The van der Waals surface area contributed by atoms with Crippen molar-refractivity contribution in [1.29, 1.82) is 0 Å². The lowest BCUT2D eigenvalue weighted by molar-refractivity contribution is -0.117. The number of nitrogens with zero attached hydrogens (tertiary/aromatic N) is 2. The molecule has 0 saturated heterocycles. The van der Waals surface area contributed by atoms with E-state index in [0.29, 0.717) is 16.3 Å². The number of benzene rings is 3. The molecular formula is C23H19ClN4O2. The number of carbonyl (C=O) groups excluding carboxylic acids is 2. The summed E-state index contributed by atoms with van der Waals surface area (Å²) in [6.45, 7) is 1.62. The highest BCUT2D eigenvalue weighted by atomic mass is 35.5. The smallest absolute Gasteiger partial charge is 0.253 e. The zero-order valence-corrected chi connectivity index (χ0v) is 16.9. The first kappa shape index (κ1) is 19.7. The summed E-state index contributed by atoms with van der Waals surface area (Å²) in [5, 5.41) is 5.81. The normalized spacial score (nSPS) is 11.8. The van der Waals surface area contributed by atoms with E-state index >= 15 is 0 Å². The summed E-state index contributed by atoms with van der Waals surface area (Å²) in [6, 6.07) is 21.3. The molecule has 1 unspecified atom stereocenters. The van der Waals surface area contributed by atoms with Crippen molar-refractivity contribution in [1.82, 2.24) is 14.9 Å². The topological polar surface area (TPSA) is 76.0 Å². The maximum absolute atomic E-state index is 12.5. The minimum absolute atomic E-state index is 0.323. The molecule has 0 fully saturated rings. The van der Waals surface area contributed by atoms with E-state index in [9.17, 15) is 9.59 Å². The predicted octanol–water partition coefficient (Wildman–Crippen LogP) is 4.44. The molecule has 0 aliphatic carbocycles. The van der Waals surface area contributed by atoms with Gasteiger partial charge < -0.3 is 10.6 Å². The van der Waals surface area contributed by atoms with Crippen molar-refractivity contribution in [3.63, 3.8) is 0 Å². The minimum Gasteiger partial charge on any atom is -0.340 e. The highest BCUT2D eigenvalue weighted by Crippen LogP contribution is 2.20. The third kappa shape index (κ3) is 4.04. The second-order valence-electron chi connectivity index (χ2n) is 6.81. The van der Waals surface area contributed by atoms with Gasteiger partial charge in [-0.05, 0) is 55.5 Å². The number of hydrogen-bond donors (Lipinski definition) is 2. The van der Waals surface area contributed by atoms with Crippen LogP contribution in [0.2, 0.25) is 5.02 Å². The van der Waals surface area contributed by atoms with Crippen LogP contribution in [0.3, 0.4) is 0 Å². The highest BCUT2D eigenvalue weighted by Gasteiger charge is 2.18. The van der Waals surface area contributed by atoms with Gasteiger partial charge in [-0.15, -0.1) is 0 Å². The fourth-order valence-corrected chi connectivity index (χ4v) is 3.33. The van der Waals surface area contributed by atoms with Gasteiger partial charge >= 0.3 is 0 Å². The average Bonchev–Trinajstić information content (AvgIpc) is 3.18. The number of amides is 2. The summed E-state index contributed by atoms with van der Waals surface area (Å²) in [5.41, 5.74) is 3.81. The Morgan fingerprint density at radius 2 is 1.67 bits per heavy atom. The standard InChI is InChI=1S/C23H19ClN4O2/c1-15(26-23(30)18-6-2-3-7-19(18)24)22(29)27-16-10-12-17(13-11-16)28-14-25-20-8-4-5-9-21(20)28/h2-15H,1H3,(H,26,30)(H,27,29). The third-order valence-corrected chi connectivity index (χ3v) is 5.06. The van der Waals surface area contributed by atoms with E-state index < -0.39 is 11.9 Å². The van der Waals surface area contributed by atoms with Crippen molar-refractivity contribution in [3.05, 3.63) is 89.7 Å². The van der Waals surface area contributed by atoms with Crippen molar-refractivity contribution >= 4 is 40.1 Å². The van der Waals surface area contributed by atoms with Crippen LogP contribution in [0.25, 0.3) is 16.7 Å². The summed E-state index contributed by atoms with van der Waals surface area (Å²) in [7, 11) is 0. The van der Waals surface area contributed by atoms with E-state index in [1.807, 2.05) is 53.1 Å². The summed E-state index contributed by atoms with van der Waals surface area (Å²) >= 11 is 6.04. The van der Waals surface area contributed by atoms with Crippen LogP contribution in [0.15, 0.2) is 79.1 Å². The SMILES string of the molecule is CC(NC(=O)c1ccccc1Cl)C(=O)Nc1ccc(-n2cnc3ccccc32)cc1. The van der Waals surface area contributed by atoms with Gasteiger partial charge in [-0.25, -0.2) is 4.98 Å². The van der Waals surface area contributed by atoms with Gasteiger partial charge in [0.2, 0.25) is 5.91 Å². The zero-order chi connectivity index (χ0) is 21.1. The Labute approximate surface area is 178 Å². The highest BCUT2D eigenvalue weighted by molar-refractivity contribution is 6.33. The quantitative estimate of drug-likeness (QED) is 0.503. The lowest BCUT2D eigenvalue weighted by Gasteiger charge is -2.15. The monoisotopic (exact) mass is 418 g/mol. The summed E-state index contributed by atoms with van der Waals surface area (Å²) in [5.74, 6) is -0.721. The second kappa shape index (κ2) is 8.39. The second-order valence-corrected chi connectivity index (χ2v) is 7.22. The molecule has 0 saturated carbocycles. The number of halogens is 1. The first-order chi connectivity index (χ1) is 14.5. The number of imidazole rings is 1. The van der Waals surface area contributed by atoms with Gasteiger partial charge in [-0.3, -0.25) is 14.2 Å². The molecule has 7 heteroatoms. The number of aromatic nitrogens is 2. The fourth-order valence-electron chi connectivity index (χ4n) is 3.11. The minimum atomic E-state index is -0.731. The van der Waals surface area contributed by atoms with Gasteiger partial charge in [0.1, 0.15) is 12.4 Å². The Kier molecular flexibility index (Phi) is 5.50. The molecule has 3 aromatic carbocycles. The summed E-state index contributed by atoms with van der Waals surface area (Å²) in [4.78, 5) is 29.2. The molecule has 4 rings (SSSR count). The van der Waals surface area contributed by atoms with Crippen molar-refractivity contribution in [2.45, 2.75) is 13.0 Å². The van der Waals surface area contributed by atoms with Crippen LogP contribution in [0.5, 0.6) is 0 Å². The lowest BCUT2D eigenvalue weighted by atomic mass is 10.2. The third-order valence-electron chi connectivity index (χ3n) is 4.73. The van der Waals surface area contributed by atoms with Crippen molar-refractivity contribution in [2.75, 3.05) is 5.32 Å². The Morgan fingerprint density at radius 3 is 2.43 bits per heavy atom. The number of carbonyl (C=O) groups is 2. The number of rotatable bonds is 5. The summed E-state index contributed by atoms with van der Waals surface area (Å²) in [6.07, 6.45) is 1.77. The molecule has 0 bridgehead atoms. The maximum atomic E-state index is 12.5. The van der Waals surface area contributed by atoms with E-state index in [1.54, 1.807) is 37.5 Å². The average molecular weight is 419 g/mol. The number of nitrogens with one attached hydrogen (secondary N) is 2. The van der Waals surface area contributed by atoms with Crippen LogP contribution in [-0.4, -0.2) is 27.4 Å². The predicted molar refractivity (Wildman–Crippen MR) is 118 cm³/mol. The molecule has 0 aliphatic rings. The van der Waals surface area contributed by atoms with E-state index in [1.165, 1.54) is 0 Å². The van der Waals surface area contributed by atoms with Gasteiger partial charge in [-0.2, -0.15) is 0 Å². The van der Waals surface area contributed by atoms with Gasteiger partial charge in [-0.1, -0.05) is 35.9 Å². The van der Waals surface area contributed by atoms with Gasteiger partial charge in [0.05, 0.1) is 21.6 Å². The number of fused-ring (bicyclic) bond motifs is 1. The Bertz CT molecular complexity index is 1220. The molecule has 0 aliphatic heterocycles. The van der Waals surface area contributed by atoms with Crippen LogP contribution in [0.4, 0.5) is 5.69 Å². The van der Waals surface area contributed by atoms with E-state index in [4.69, 9.17) is 11.6 Å².